The molecule has 2 heterocycles. The molecule has 17 heavy (non-hydrogen) atoms. The average molecular weight is 251 g/mol. The summed E-state index contributed by atoms with van der Waals surface area (Å²) >= 11 is 1.57. The van der Waals surface area contributed by atoms with E-state index in [-0.39, 0.29) is 19.1 Å². The summed E-state index contributed by atoms with van der Waals surface area (Å²) in [5.41, 5.74) is 2.23. The van der Waals surface area contributed by atoms with Gasteiger partial charge in [-0.15, -0.1) is 11.3 Å². The van der Waals surface area contributed by atoms with Crippen molar-refractivity contribution in [2.45, 2.75) is 6.92 Å². The number of aliphatic hydroxyl groups excluding tert-OH is 1. The highest BCUT2D eigenvalue weighted by Gasteiger charge is 2.10. The Labute approximate surface area is 103 Å². The van der Waals surface area contributed by atoms with Crippen LogP contribution >= 0.6 is 11.3 Å². The number of thiazole rings is 1. The summed E-state index contributed by atoms with van der Waals surface area (Å²) in [6, 6.07) is 1.75. The van der Waals surface area contributed by atoms with Crippen LogP contribution in [0.2, 0.25) is 0 Å². The van der Waals surface area contributed by atoms with Crippen molar-refractivity contribution in [3.8, 4) is 11.3 Å². The van der Waals surface area contributed by atoms with Crippen LogP contribution in [0.15, 0.2) is 17.6 Å². The number of rotatable bonds is 4. The Hall–Kier alpha value is -1.66. The third kappa shape index (κ3) is 2.72. The predicted molar refractivity (Wildman–Crippen MR) is 66.1 cm³/mol. The second-order valence-electron chi connectivity index (χ2n) is 3.53. The molecule has 5 nitrogen and oxygen atoms in total. The molecule has 6 heteroatoms. The topological polar surface area (TPSA) is 78.0 Å². The van der Waals surface area contributed by atoms with Crippen LogP contribution in [0.5, 0.6) is 0 Å². The van der Waals surface area contributed by atoms with Crippen molar-refractivity contribution in [3.63, 3.8) is 0 Å². The van der Waals surface area contributed by atoms with Gasteiger partial charge >= 0.3 is 0 Å². The van der Waals surface area contributed by atoms with Crippen LogP contribution in [0.3, 0.4) is 0 Å². The Balaban J connectivity index is 2.13. The van der Waals surface area contributed by atoms with Gasteiger partial charge in [0.05, 0.1) is 17.3 Å². The maximum Gasteiger partial charge on any atom is 0.267 e. The van der Waals surface area contributed by atoms with Crippen LogP contribution in [0, 0.1) is 6.92 Å². The van der Waals surface area contributed by atoms with Gasteiger partial charge in [0.15, 0.2) is 0 Å². The summed E-state index contributed by atoms with van der Waals surface area (Å²) in [5, 5.41) is 14.1. The first-order chi connectivity index (χ1) is 8.20. The second kappa shape index (κ2) is 5.11. The predicted octanol–water partition coefficient (Wildman–Crippen LogP) is 1.17. The molecule has 0 aliphatic heterocycles. The van der Waals surface area contributed by atoms with Gasteiger partial charge in [0.2, 0.25) is 0 Å². The number of aryl methyl sites for hydroxylation is 1. The molecule has 90 valence electrons. The molecule has 0 spiro atoms. The van der Waals surface area contributed by atoms with Crippen molar-refractivity contribution in [2.24, 2.45) is 0 Å². The molecule has 2 rings (SSSR count). The Morgan fingerprint density at radius 3 is 3.12 bits per heavy atom. The van der Waals surface area contributed by atoms with Crippen LogP contribution < -0.4 is 5.32 Å². The molecule has 0 fully saturated rings. The summed E-state index contributed by atoms with van der Waals surface area (Å²) in [4.78, 5) is 18.8. The standard InChI is InChI=1S/C11H13N3O2S/c1-7-14-10(6-17-7)8-4-9(13-5-8)11(16)12-2-3-15/h4-6,13,15H,2-3H2,1H3,(H,12,16). The zero-order chi connectivity index (χ0) is 12.3. The summed E-state index contributed by atoms with van der Waals surface area (Å²) < 4.78 is 0. The van der Waals surface area contributed by atoms with Gasteiger partial charge in [0.25, 0.3) is 5.91 Å². The molecule has 2 aromatic rings. The lowest BCUT2D eigenvalue weighted by molar-refractivity contribution is 0.0940. The molecule has 0 aromatic carbocycles. The van der Waals surface area contributed by atoms with E-state index in [4.69, 9.17) is 5.11 Å². The van der Waals surface area contributed by atoms with Crippen molar-refractivity contribution >= 4 is 17.2 Å². The maximum atomic E-state index is 11.6. The number of aromatic nitrogens is 2. The highest BCUT2D eigenvalue weighted by Crippen LogP contribution is 2.22. The number of aliphatic hydroxyl groups is 1. The van der Waals surface area contributed by atoms with E-state index in [0.29, 0.717) is 5.69 Å². The first-order valence-electron chi connectivity index (χ1n) is 5.20. The van der Waals surface area contributed by atoms with Crippen LogP contribution in [0.4, 0.5) is 0 Å². The zero-order valence-corrected chi connectivity index (χ0v) is 10.2. The Bertz CT molecular complexity index is 518. The highest BCUT2D eigenvalue weighted by atomic mass is 32.1. The molecule has 0 radical (unpaired) electrons. The van der Waals surface area contributed by atoms with Gasteiger partial charge < -0.3 is 15.4 Å². The monoisotopic (exact) mass is 251 g/mol. The third-order valence-electron chi connectivity index (χ3n) is 2.24. The first kappa shape index (κ1) is 11.8. The smallest absolute Gasteiger partial charge is 0.267 e. The van der Waals surface area contributed by atoms with Crippen molar-refractivity contribution in [2.75, 3.05) is 13.2 Å². The summed E-state index contributed by atoms with van der Waals surface area (Å²) in [6.45, 7) is 2.13. The van der Waals surface area contributed by atoms with Crippen molar-refractivity contribution in [3.05, 3.63) is 28.3 Å². The SMILES string of the molecule is Cc1nc(-c2c[nH]c(C(=O)NCCO)c2)cs1. The fraction of sp³-hybridized carbons (Fsp3) is 0.273. The van der Waals surface area contributed by atoms with Crippen LogP contribution in [-0.4, -0.2) is 34.1 Å². The van der Waals surface area contributed by atoms with E-state index in [9.17, 15) is 4.79 Å². The zero-order valence-electron chi connectivity index (χ0n) is 9.36. The molecule has 0 saturated carbocycles. The summed E-state index contributed by atoms with van der Waals surface area (Å²) in [5.74, 6) is -0.225. The van der Waals surface area contributed by atoms with E-state index in [1.807, 2.05) is 12.3 Å². The molecule has 0 unspecified atom stereocenters. The molecule has 0 bridgehead atoms. The highest BCUT2D eigenvalue weighted by molar-refractivity contribution is 7.09. The van der Waals surface area contributed by atoms with Gasteiger partial charge in [-0.05, 0) is 13.0 Å². The number of nitrogens with one attached hydrogen (secondary N) is 2. The molecule has 0 aliphatic carbocycles. The number of carbonyl (C=O) groups excluding carboxylic acids is 1. The molecule has 3 N–H and O–H groups in total. The quantitative estimate of drug-likeness (QED) is 0.763. The van der Waals surface area contributed by atoms with E-state index < -0.39 is 0 Å². The third-order valence-corrected chi connectivity index (χ3v) is 3.01. The molecule has 1 amide bonds. The number of aromatic amines is 1. The van der Waals surface area contributed by atoms with Crippen molar-refractivity contribution in [1.82, 2.24) is 15.3 Å². The van der Waals surface area contributed by atoms with Gasteiger partial charge in [-0.1, -0.05) is 0 Å². The normalized spacial score (nSPS) is 10.5. The van der Waals surface area contributed by atoms with Crippen LogP contribution in [-0.2, 0) is 0 Å². The van der Waals surface area contributed by atoms with Crippen molar-refractivity contribution in [1.29, 1.82) is 0 Å². The van der Waals surface area contributed by atoms with Gasteiger partial charge in [-0.2, -0.15) is 0 Å². The van der Waals surface area contributed by atoms with E-state index in [2.05, 4.69) is 15.3 Å². The Kier molecular flexibility index (Phi) is 3.55. The number of nitrogens with zero attached hydrogens (tertiary/aromatic N) is 1. The minimum absolute atomic E-state index is 0.0649. The number of hydrogen-bond acceptors (Lipinski definition) is 4. The number of H-pyrrole nitrogens is 1. The fourth-order valence-electron chi connectivity index (χ4n) is 1.43. The van der Waals surface area contributed by atoms with Gasteiger partial charge in [-0.25, -0.2) is 4.98 Å². The maximum absolute atomic E-state index is 11.6. The molecule has 0 saturated heterocycles. The number of hydrogen-bond donors (Lipinski definition) is 3. The number of carbonyl (C=O) groups is 1. The molecular formula is C11H13N3O2S. The van der Waals surface area contributed by atoms with E-state index in [0.717, 1.165) is 16.3 Å². The van der Waals surface area contributed by atoms with Gasteiger partial charge in [-0.3, -0.25) is 4.79 Å². The minimum atomic E-state index is -0.225. The minimum Gasteiger partial charge on any atom is -0.395 e. The van der Waals surface area contributed by atoms with Gasteiger partial charge in [0.1, 0.15) is 5.69 Å². The summed E-state index contributed by atoms with van der Waals surface area (Å²) in [7, 11) is 0. The molecule has 0 atom stereocenters. The van der Waals surface area contributed by atoms with Crippen LogP contribution in [0.1, 0.15) is 15.5 Å². The lowest BCUT2D eigenvalue weighted by Gasteiger charge is -1.99. The second-order valence-corrected chi connectivity index (χ2v) is 4.60. The number of amides is 1. The Morgan fingerprint density at radius 1 is 1.65 bits per heavy atom. The average Bonchev–Trinajstić information content (AvgIpc) is 2.93. The van der Waals surface area contributed by atoms with E-state index in [1.54, 1.807) is 23.6 Å². The van der Waals surface area contributed by atoms with E-state index in [1.165, 1.54) is 0 Å². The Morgan fingerprint density at radius 2 is 2.47 bits per heavy atom. The van der Waals surface area contributed by atoms with Crippen molar-refractivity contribution < 1.29 is 9.90 Å². The molecule has 0 aliphatic rings. The lowest BCUT2D eigenvalue weighted by atomic mass is 10.2. The lowest BCUT2D eigenvalue weighted by Crippen LogP contribution is -2.26. The molecular weight excluding hydrogens is 238 g/mol. The molecule has 2 aromatic heterocycles. The fourth-order valence-corrected chi connectivity index (χ4v) is 2.06. The largest absolute Gasteiger partial charge is 0.395 e. The first-order valence-corrected chi connectivity index (χ1v) is 6.08. The van der Waals surface area contributed by atoms with E-state index >= 15 is 0 Å². The summed E-state index contributed by atoms with van der Waals surface area (Å²) in [6.07, 6.45) is 1.75. The van der Waals surface area contributed by atoms with Crippen LogP contribution in [0.25, 0.3) is 11.3 Å². The van der Waals surface area contributed by atoms with Gasteiger partial charge in [0, 0.05) is 23.7 Å².